The van der Waals surface area contributed by atoms with Crippen molar-refractivity contribution in [3.05, 3.63) is 96.2 Å². The van der Waals surface area contributed by atoms with E-state index in [9.17, 15) is 24.4 Å². The average molecular weight is 888 g/mol. The molecular weight excluding hydrogens is 807 g/mol. The zero-order chi connectivity index (χ0) is 47.4. The first kappa shape index (κ1) is 51.6. The maximum atomic E-state index is 14.8. The van der Waals surface area contributed by atoms with Crippen molar-refractivity contribution in [3.63, 3.8) is 0 Å². The van der Waals surface area contributed by atoms with Crippen molar-refractivity contribution < 1.29 is 23.9 Å². The van der Waals surface area contributed by atoms with E-state index in [0.29, 0.717) is 39.1 Å². The summed E-state index contributed by atoms with van der Waals surface area (Å²) in [4.78, 5) is 55.1. The highest BCUT2D eigenvalue weighted by Gasteiger charge is 2.70. The van der Waals surface area contributed by atoms with Gasteiger partial charge in [-0.3, -0.25) is 19.2 Å². The van der Waals surface area contributed by atoms with Gasteiger partial charge in [0.25, 0.3) is 0 Å². The number of allylic oxidation sites excluding steroid dienone is 16. The molecule has 0 spiro atoms. The molecule has 5 aliphatic carbocycles. The number of nitriles is 1. The zero-order valence-electron chi connectivity index (χ0n) is 41.2. The molecule has 8 heteroatoms. The molecule has 0 radical (unpaired) electrons. The molecule has 0 heterocycles. The Balaban J connectivity index is 1.04. The number of ketones is 2. The molecule has 354 valence electrons. The van der Waals surface area contributed by atoms with Crippen LogP contribution >= 0.6 is 0 Å². The van der Waals surface area contributed by atoms with E-state index in [4.69, 9.17) is 4.74 Å². The van der Waals surface area contributed by atoms with Crippen LogP contribution < -0.4 is 10.6 Å². The fraction of sp³-hybridized carbons (Fsp3) is 0.632. The Hall–Kier alpha value is -4.35. The number of hydrogen-bond donors (Lipinski definition) is 2. The Morgan fingerprint density at radius 2 is 1.31 bits per heavy atom. The summed E-state index contributed by atoms with van der Waals surface area (Å²) in [6, 6.07) is 2.20. The zero-order valence-corrected chi connectivity index (χ0v) is 41.2. The summed E-state index contributed by atoms with van der Waals surface area (Å²) < 4.78 is 5.84. The number of ether oxygens (including phenoxy) is 1. The van der Waals surface area contributed by atoms with E-state index in [1.165, 1.54) is 0 Å². The van der Waals surface area contributed by atoms with E-state index in [1.807, 2.05) is 26.0 Å². The van der Waals surface area contributed by atoms with Crippen LogP contribution in [0.25, 0.3) is 0 Å². The maximum absolute atomic E-state index is 14.8. The molecule has 3 saturated carbocycles. The molecule has 2 N–H and O–H groups in total. The lowest BCUT2D eigenvalue weighted by Crippen LogP contribution is -2.66. The van der Waals surface area contributed by atoms with Crippen LogP contribution in [0.15, 0.2) is 96.2 Å². The SMILES string of the molecule is CC/C=C\C/C=C\C/C=C\C/C=C\C/C=C\C/C=C\CCC(=O)NCCOCCNC(=O)[C@]12CCC(C)(C)C[C@@H]1[C@H]1C(=O)C=C3[C@@]4(C)C=C(C#N)C(=O)C(C)(C)[C@@H]4CC[C@@]3(C)[C@]1(C)CC2. The summed E-state index contributed by atoms with van der Waals surface area (Å²) in [5.41, 5.74) is -1.36. The number of nitrogens with one attached hydrogen (secondary N) is 2. The second kappa shape index (κ2) is 22.4. The number of rotatable bonds is 21. The molecule has 5 rings (SSSR count). The molecule has 0 saturated heterocycles. The van der Waals surface area contributed by atoms with Gasteiger partial charge in [0.05, 0.1) is 24.2 Å². The number of amides is 2. The van der Waals surface area contributed by atoms with Gasteiger partial charge in [0, 0.05) is 36.3 Å². The van der Waals surface area contributed by atoms with Crippen molar-refractivity contribution in [2.24, 2.45) is 50.2 Å². The van der Waals surface area contributed by atoms with Crippen LogP contribution in [-0.4, -0.2) is 49.7 Å². The smallest absolute Gasteiger partial charge is 0.226 e. The monoisotopic (exact) mass is 888 g/mol. The fourth-order valence-electron chi connectivity index (χ4n) is 12.7. The Bertz CT molecular complexity index is 2020. The molecule has 0 aromatic rings. The van der Waals surface area contributed by atoms with Gasteiger partial charge in [-0.05, 0) is 124 Å². The standard InChI is InChI=1S/C57H81N3O5/c1-9-10-11-12-13-14-15-16-17-18-19-20-21-22-23-24-25-26-27-28-48(62)59-35-37-65-38-36-60-51(64)57-33-31-52(2,3)41-44(57)49-45(61)39-47-54(6)40-43(42-58)50(63)53(4,5)46(54)29-30-55(47,7)56(49,8)32-34-57/h10-11,13-14,16-17,19-20,22-23,25-26,39-40,44,46,49H,9,12,15,18,21,24,27-38,41H2,1-8H3,(H,59,62)(H,60,64)/b11-10-,14-13-,17-16-,20-19-,23-22-,26-25-/t44-,46+,49+,54+,55-,56-,57+/m1/s1. The molecule has 5 aliphatic rings. The third kappa shape index (κ3) is 11.4. The summed E-state index contributed by atoms with van der Waals surface area (Å²) in [7, 11) is 0. The normalized spacial score (nSPS) is 31.8. The van der Waals surface area contributed by atoms with E-state index in [-0.39, 0.29) is 63.0 Å². The van der Waals surface area contributed by atoms with E-state index < -0.39 is 16.2 Å². The predicted octanol–water partition coefficient (Wildman–Crippen LogP) is 11.9. The predicted molar refractivity (Wildman–Crippen MR) is 263 cm³/mol. The summed E-state index contributed by atoms with van der Waals surface area (Å²) >= 11 is 0. The second-order valence-electron chi connectivity index (χ2n) is 21.6. The van der Waals surface area contributed by atoms with Crippen LogP contribution in [0.3, 0.4) is 0 Å². The number of carbonyl (C=O) groups is 4. The lowest BCUT2D eigenvalue weighted by Gasteiger charge is -2.69. The molecule has 0 aliphatic heterocycles. The van der Waals surface area contributed by atoms with E-state index in [1.54, 1.807) is 0 Å². The van der Waals surface area contributed by atoms with Gasteiger partial charge in [-0.2, -0.15) is 5.26 Å². The third-order valence-corrected chi connectivity index (χ3v) is 16.5. The highest BCUT2D eigenvalue weighted by atomic mass is 16.5. The van der Waals surface area contributed by atoms with Crippen LogP contribution in [0.4, 0.5) is 0 Å². The van der Waals surface area contributed by atoms with E-state index >= 15 is 0 Å². The van der Waals surface area contributed by atoms with Crippen LogP contribution in [0.1, 0.15) is 152 Å². The first-order chi connectivity index (χ1) is 30.9. The molecular formula is C57H81N3O5. The van der Waals surface area contributed by atoms with Crippen molar-refractivity contribution in [2.45, 2.75) is 152 Å². The Kier molecular flexibility index (Phi) is 17.8. The highest BCUT2D eigenvalue weighted by Crippen LogP contribution is 2.74. The number of fused-ring (bicyclic) bond motifs is 7. The molecule has 8 nitrogen and oxygen atoms in total. The molecule has 3 fully saturated rings. The topological polar surface area (TPSA) is 125 Å². The number of hydrogen-bond acceptors (Lipinski definition) is 6. The van der Waals surface area contributed by atoms with Gasteiger partial charge in [0.2, 0.25) is 11.8 Å². The summed E-state index contributed by atoms with van der Waals surface area (Å²) in [5, 5.41) is 16.2. The minimum Gasteiger partial charge on any atom is -0.378 e. The largest absolute Gasteiger partial charge is 0.378 e. The van der Waals surface area contributed by atoms with E-state index in [0.717, 1.165) is 89.0 Å². The average Bonchev–Trinajstić information content (AvgIpc) is 3.26. The summed E-state index contributed by atoms with van der Waals surface area (Å²) in [5.74, 6) is -0.381. The Labute approximate surface area is 392 Å². The van der Waals surface area contributed by atoms with Gasteiger partial charge in [-0.15, -0.1) is 0 Å². The van der Waals surface area contributed by atoms with Gasteiger partial charge >= 0.3 is 0 Å². The van der Waals surface area contributed by atoms with Gasteiger partial charge < -0.3 is 15.4 Å². The molecule has 7 atom stereocenters. The van der Waals surface area contributed by atoms with Crippen LogP contribution in [-0.2, 0) is 23.9 Å². The molecule has 2 amide bonds. The van der Waals surface area contributed by atoms with Crippen molar-refractivity contribution in [3.8, 4) is 6.07 Å². The first-order valence-corrected chi connectivity index (χ1v) is 24.9. The minimum atomic E-state index is -0.709. The minimum absolute atomic E-state index is 0.000416. The summed E-state index contributed by atoms with van der Waals surface area (Å²) in [6.07, 6.45) is 42.4. The third-order valence-electron chi connectivity index (χ3n) is 16.5. The van der Waals surface area contributed by atoms with Crippen molar-refractivity contribution >= 4 is 23.4 Å². The lowest BCUT2D eigenvalue weighted by molar-refractivity contribution is -0.178. The highest BCUT2D eigenvalue weighted by molar-refractivity contribution is 6.04. The van der Waals surface area contributed by atoms with Gasteiger partial charge in [-0.25, -0.2) is 0 Å². The molecule has 0 bridgehead atoms. The molecule has 0 aromatic heterocycles. The fourth-order valence-corrected chi connectivity index (χ4v) is 12.7. The first-order valence-electron chi connectivity index (χ1n) is 24.9. The number of nitrogens with zero attached hydrogens (tertiary/aromatic N) is 1. The van der Waals surface area contributed by atoms with Crippen molar-refractivity contribution in [1.82, 2.24) is 10.6 Å². The second-order valence-corrected chi connectivity index (χ2v) is 21.6. The number of carbonyl (C=O) groups excluding carboxylic acids is 4. The number of Topliss-reactive ketones (excluding diaryl/α,β-unsaturated/α-hetero) is 1. The Morgan fingerprint density at radius 1 is 0.754 bits per heavy atom. The van der Waals surface area contributed by atoms with Crippen molar-refractivity contribution in [1.29, 1.82) is 5.26 Å². The van der Waals surface area contributed by atoms with E-state index in [2.05, 4.69) is 131 Å². The quantitative estimate of drug-likeness (QED) is 0.0873. The molecule has 0 unspecified atom stereocenters. The molecule has 0 aromatic carbocycles. The lowest BCUT2D eigenvalue weighted by atomic mass is 9.34. The van der Waals surface area contributed by atoms with Crippen LogP contribution in [0, 0.1) is 61.6 Å². The van der Waals surface area contributed by atoms with Crippen LogP contribution in [0.5, 0.6) is 0 Å². The van der Waals surface area contributed by atoms with Crippen LogP contribution in [0.2, 0.25) is 0 Å². The van der Waals surface area contributed by atoms with Crippen molar-refractivity contribution in [2.75, 3.05) is 26.3 Å². The summed E-state index contributed by atoms with van der Waals surface area (Å²) in [6.45, 7) is 18.9. The van der Waals surface area contributed by atoms with Gasteiger partial charge in [0.1, 0.15) is 6.07 Å². The van der Waals surface area contributed by atoms with Gasteiger partial charge in [0.15, 0.2) is 11.6 Å². The molecule has 65 heavy (non-hydrogen) atoms. The Morgan fingerprint density at radius 3 is 1.89 bits per heavy atom. The maximum Gasteiger partial charge on any atom is 0.226 e. The van der Waals surface area contributed by atoms with Gasteiger partial charge in [-0.1, -0.05) is 140 Å².